The number of furan rings is 3. The second-order valence-corrected chi connectivity index (χ2v) is 15.8. The molecule has 13 rings (SSSR count). The van der Waals surface area contributed by atoms with Gasteiger partial charge in [0.15, 0.2) is 17.5 Å². The molecule has 0 aliphatic carbocycles. The first-order valence-electron chi connectivity index (χ1n) is 20.8. The van der Waals surface area contributed by atoms with Gasteiger partial charge in [0.05, 0.1) is 0 Å². The largest absolute Gasteiger partial charge is 0.456 e. The summed E-state index contributed by atoms with van der Waals surface area (Å²) in [5.74, 6) is 1.68. The van der Waals surface area contributed by atoms with Crippen molar-refractivity contribution < 1.29 is 13.3 Å². The van der Waals surface area contributed by atoms with Crippen molar-refractivity contribution in [2.45, 2.75) is 0 Å². The van der Waals surface area contributed by atoms with Crippen LogP contribution in [0.5, 0.6) is 0 Å². The first-order chi connectivity index (χ1) is 31.2. The van der Waals surface area contributed by atoms with Gasteiger partial charge in [-0.05, 0) is 82.9 Å². The number of hydrogen-bond donors (Lipinski definition) is 0. The third-order valence-electron chi connectivity index (χ3n) is 12.1. The molecular weight excluding hydrogens is 777 g/mol. The Morgan fingerprint density at radius 1 is 0.302 bits per heavy atom. The fraction of sp³-hybridized carbons (Fsp3) is 0. The Morgan fingerprint density at radius 3 is 1.62 bits per heavy atom. The van der Waals surface area contributed by atoms with Crippen LogP contribution in [-0.4, -0.2) is 19.9 Å². The van der Waals surface area contributed by atoms with Crippen molar-refractivity contribution in [2.24, 2.45) is 0 Å². The van der Waals surface area contributed by atoms with Crippen LogP contribution in [0.3, 0.4) is 0 Å². The van der Waals surface area contributed by atoms with Crippen molar-refractivity contribution in [3.8, 4) is 67.5 Å². The Hall–Kier alpha value is -8.68. The summed E-state index contributed by atoms with van der Waals surface area (Å²) in [5.41, 5.74) is 13.8. The molecule has 0 saturated carbocycles. The van der Waals surface area contributed by atoms with E-state index < -0.39 is 0 Å². The second kappa shape index (κ2) is 13.9. The molecule has 7 heteroatoms. The average molecular weight is 809 g/mol. The molecule has 5 aromatic heterocycles. The highest BCUT2D eigenvalue weighted by Crippen LogP contribution is 2.43. The molecule has 0 fully saturated rings. The van der Waals surface area contributed by atoms with Crippen LogP contribution in [0.1, 0.15) is 0 Å². The van der Waals surface area contributed by atoms with E-state index in [9.17, 15) is 0 Å². The number of rotatable bonds is 6. The molecule has 0 N–H and O–H groups in total. The number of para-hydroxylation sites is 3. The minimum Gasteiger partial charge on any atom is -0.456 e. The Labute approximate surface area is 359 Å². The smallest absolute Gasteiger partial charge is 0.164 e. The molecule has 5 heterocycles. The van der Waals surface area contributed by atoms with Gasteiger partial charge in [0.25, 0.3) is 0 Å². The third-order valence-corrected chi connectivity index (χ3v) is 12.1. The fourth-order valence-electron chi connectivity index (χ4n) is 8.99. The Morgan fingerprint density at radius 2 is 0.857 bits per heavy atom. The van der Waals surface area contributed by atoms with Crippen LogP contribution in [0.4, 0.5) is 0 Å². The van der Waals surface area contributed by atoms with Crippen molar-refractivity contribution in [2.75, 3.05) is 0 Å². The van der Waals surface area contributed by atoms with Gasteiger partial charge in [-0.1, -0.05) is 121 Å². The molecule has 0 radical (unpaired) electrons. The second-order valence-electron chi connectivity index (χ2n) is 15.8. The van der Waals surface area contributed by atoms with Crippen molar-refractivity contribution in [1.29, 1.82) is 0 Å². The Balaban J connectivity index is 0.933. The summed E-state index contributed by atoms with van der Waals surface area (Å²) in [5, 5.41) is 6.44. The van der Waals surface area contributed by atoms with Gasteiger partial charge in [-0.2, -0.15) is 0 Å². The average Bonchev–Trinajstić information content (AvgIpc) is 4.05. The summed E-state index contributed by atoms with van der Waals surface area (Å²) in [6.45, 7) is 0. The normalized spacial score (nSPS) is 11.8. The van der Waals surface area contributed by atoms with E-state index in [4.69, 9.17) is 28.2 Å². The summed E-state index contributed by atoms with van der Waals surface area (Å²) in [7, 11) is 0. The predicted molar refractivity (Wildman–Crippen MR) is 252 cm³/mol. The van der Waals surface area contributed by atoms with Crippen LogP contribution in [0.15, 0.2) is 208 Å². The van der Waals surface area contributed by atoms with Crippen LogP contribution in [0, 0.1) is 0 Å². The first kappa shape index (κ1) is 35.1. The molecule has 13 aromatic rings. The Bertz CT molecular complexity index is 3920. The SMILES string of the molecule is c1cncc(-c2cccc(-c3nc(-c4ccc(-c5ccc(-c6ccc7oc8ccccc8c7c6)c6c5oc5ccccc56)cc4)nc(-c4ccc5c(c4)oc4ccccc45)n3)c2)c1. The number of pyridine rings is 1. The van der Waals surface area contributed by atoms with E-state index in [1.54, 1.807) is 6.20 Å². The third kappa shape index (κ3) is 5.82. The molecule has 0 atom stereocenters. The van der Waals surface area contributed by atoms with Crippen molar-refractivity contribution in [1.82, 2.24) is 19.9 Å². The van der Waals surface area contributed by atoms with Gasteiger partial charge in [-0.25, -0.2) is 15.0 Å². The first-order valence-corrected chi connectivity index (χ1v) is 20.8. The molecule has 0 aliphatic rings. The summed E-state index contributed by atoms with van der Waals surface area (Å²) in [4.78, 5) is 19.6. The van der Waals surface area contributed by atoms with Gasteiger partial charge < -0.3 is 13.3 Å². The topological polar surface area (TPSA) is 91.0 Å². The predicted octanol–water partition coefficient (Wildman–Crippen LogP) is 15.0. The summed E-state index contributed by atoms with van der Waals surface area (Å²) in [6, 6.07) is 62.1. The molecule has 0 unspecified atom stereocenters. The number of benzene rings is 8. The molecule has 63 heavy (non-hydrogen) atoms. The van der Waals surface area contributed by atoms with Gasteiger partial charge in [-0.3, -0.25) is 4.98 Å². The summed E-state index contributed by atoms with van der Waals surface area (Å²) < 4.78 is 19.2. The number of hydrogen-bond acceptors (Lipinski definition) is 7. The number of aromatic nitrogens is 4. The van der Waals surface area contributed by atoms with Crippen LogP contribution in [0.25, 0.3) is 133 Å². The van der Waals surface area contributed by atoms with E-state index in [2.05, 4.69) is 120 Å². The lowest BCUT2D eigenvalue weighted by atomic mass is 9.93. The van der Waals surface area contributed by atoms with Gasteiger partial charge in [-0.15, -0.1) is 0 Å². The zero-order valence-corrected chi connectivity index (χ0v) is 33.5. The minimum absolute atomic E-state index is 0.550. The van der Waals surface area contributed by atoms with Gasteiger partial charge >= 0.3 is 0 Å². The van der Waals surface area contributed by atoms with E-state index in [-0.39, 0.29) is 0 Å². The zero-order chi connectivity index (χ0) is 41.4. The van der Waals surface area contributed by atoms with E-state index in [0.29, 0.717) is 17.5 Å². The number of nitrogens with zero attached hydrogens (tertiary/aromatic N) is 4. The fourth-order valence-corrected chi connectivity index (χ4v) is 8.99. The Kier molecular flexibility index (Phi) is 7.77. The highest BCUT2D eigenvalue weighted by molar-refractivity contribution is 6.17. The van der Waals surface area contributed by atoms with Crippen LogP contribution < -0.4 is 0 Å². The van der Waals surface area contributed by atoms with Crippen molar-refractivity contribution >= 4 is 65.8 Å². The van der Waals surface area contributed by atoms with Crippen molar-refractivity contribution in [3.05, 3.63) is 194 Å². The summed E-state index contributed by atoms with van der Waals surface area (Å²) in [6.07, 6.45) is 3.64. The lowest BCUT2D eigenvalue weighted by Gasteiger charge is -2.11. The zero-order valence-electron chi connectivity index (χ0n) is 33.5. The van der Waals surface area contributed by atoms with Crippen molar-refractivity contribution in [3.63, 3.8) is 0 Å². The maximum atomic E-state index is 6.72. The van der Waals surface area contributed by atoms with Gasteiger partial charge in [0, 0.05) is 72.5 Å². The van der Waals surface area contributed by atoms with E-state index in [0.717, 1.165) is 116 Å². The maximum Gasteiger partial charge on any atom is 0.164 e. The number of fused-ring (bicyclic) bond motifs is 9. The summed E-state index contributed by atoms with van der Waals surface area (Å²) >= 11 is 0. The van der Waals surface area contributed by atoms with E-state index >= 15 is 0 Å². The highest BCUT2D eigenvalue weighted by Gasteiger charge is 2.20. The molecule has 0 amide bonds. The molecule has 0 aliphatic heterocycles. The van der Waals surface area contributed by atoms with Gasteiger partial charge in [0.1, 0.15) is 33.5 Å². The molecule has 294 valence electrons. The lowest BCUT2D eigenvalue weighted by molar-refractivity contribution is 0.668. The quantitative estimate of drug-likeness (QED) is 0.165. The highest BCUT2D eigenvalue weighted by atomic mass is 16.3. The van der Waals surface area contributed by atoms with E-state index in [1.807, 2.05) is 72.9 Å². The maximum absolute atomic E-state index is 6.72. The molecule has 8 aromatic carbocycles. The minimum atomic E-state index is 0.550. The molecule has 0 saturated heterocycles. The molecule has 7 nitrogen and oxygen atoms in total. The molecule has 0 bridgehead atoms. The molecule has 0 spiro atoms. The van der Waals surface area contributed by atoms with Gasteiger partial charge in [0.2, 0.25) is 0 Å². The monoisotopic (exact) mass is 808 g/mol. The van der Waals surface area contributed by atoms with Crippen LogP contribution in [-0.2, 0) is 0 Å². The lowest BCUT2D eigenvalue weighted by Crippen LogP contribution is -2.00. The standard InChI is InChI=1S/C56H32N4O3/c1-4-15-47-42(12-1)44-24-22-38(31-51(44)62-47)56-59-54(58-55(60-56)37-10-7-9-35(29-37)39-11-8-28-57-32-39)34-20-18-33(19-21-34)41-26-25-40(52-45-14-3-6-17-49(45)63-53(41)52)36-23-27-50-46(30-36)43-13-2-5-16-48(43)61-50/h1-32H. The van der Waals surface area contributed by atoms with Crippen LogP contribution >= 0.6 is 0 Å². The van der Waals surface area contributed by atoms with Crippen LogP contribution in [0.2, 0.25) is 0 Å². The van der Waals surface area contributed by atoms with E-state index in [1.165, 1.54) is 0 Å². The molecular formula is C56H32N4O3.